The number of unbranched alkanes of at least 4 members (excludes halogenated alkanes) is 1. The van der Waals surface area contributed by atoms with Crippen LogP contribution in [0.5, 0.6) is 5.75 Å². The molecule has 0 aromatic heterocycles. The lowest BCUT2D eigenvalue weighted by Crippen LogP contribution is -2.37. The van der Waals surface area contributed by atoms with E-state index in [1.807, 2.05) is 0 Å². The molecule has 1 aliphatic rings. The van der Waals surface area contributed by atoms with Gasteiger partial charge in [-0.2, -0.15) is 4.31 Å². The third-order valence-corrected chi connectivity index (χ3v) is 7.72. The van der Waals surface area contributed by atoms with Crippen LogP contribution in [0.25, 0.3) is 0 Å². The smallest absolute Gasteiger partial charge is 0.251 e. The van der Waals surface area contributed by atoms with Crippen molar-refractivity contribution >= 4 is 15.9 Å². The number of benzene rings is 1. The molecule has 1 fully saturated rings. The molecular formula is C21H34N2O4S. The fourth-order valence-corrected chi connectivity index (χ4v) is 5.65. The molecule has 0 spiro atoms. The molecular weight excluding hydrogens is 376 g/mol. The van der Waals surface area contributed by atoms with Crippen LogP contribution in [0.15, 0.2) is 23.1 Å². The number of carbonyl (C=O) groups excluding carboxylic acids is 1. The van der Waals surface area contributed by atoms with Crippen molar-refractivity contribution < 1.29 is 17.9 Å². The summed E-state index contributed by atoms with van der Waals surface area (Å²) in [5, 5.41) is 3.14. The van der Waals surface area contributed by atoms with E-state index in [0.717, 1.165) is 32.1 Å². The van der Waals surface area contributed by atoms with Crippen LogP contribution in [0, 0.1) is 5.92 Å². The average molecular weight is 411 g/mol. The first kappa shape index (κ1) is 22.7. The van der Waals surface area contributed by atoms with Crippen molar-refractivity contribution in [3.05, 3.63) is 23.8 Å². The highest BCUT2D eigenvalue weighted by molar-refractivity contribution is 7.89. The van der Waals surface area contributed by atoms with Crippen LogP contribution in [0.4, 0.5) is 0 Å². The summed E-state index contributed by atoms with van der Waals surface area (Å²) < 4.78 is 32.6. The molecule has 1 amide bonds. The van der Waals surface area contributed by atoms with Crippen molar-refractivity contribution in [3.63, 3.8) is 0 Å². The van der Waals surface area contributed by atoms with Gasteiger partial charge in [0, 0.05) is 24.7 Å². The number of rotatable bonds is 10. The molecule has 158 valence electrons. The summed E-state index contributed by atoms with van der Waals surface area (Å²) in [7, 11) is -2.28. The van der Waals surface area contributed by atoms with E-state index in [9.17, 15) is 13.2 Å². The van der Waals surface area contributed by atoms with Crippen LogP contribution >= 0.6 is 0 Å². The SMILES string of the molecule is CCCCC1CCCC1NC(=O)c1ccc(OC)c(S(=O)(=O)N(CC)CC)c1. The number of hydrogen-bond acceptors (Lipinski definition) is 4. The number of methoxy groups -OCH3 is 1. The molecule has 1 N–H and O–H groups in total. The normalized spacial score (nSPS) is 19.8. The van der Waals surface area contributed by atoms with Crippen LogP contribution in [0.1, 0.15) is 69.7 Å². The van der Waals surface area contributed by atoms with E-state index in [1.54, 1.807) is 26.0 Å². The first-order valence-electron chi connectivity index (χ1n) is 10.4. The maximum Gasteiger partial charge on any atom is 0.251 e. The Hall–Kier alpha value is -1.60. The maximum atomic E-state index is 13.0. The van der Waals surface area contributed by atoms with Gasteiger partial charge in [0.15, 0.2) is 0 Å². The molecule has 2 rings (SSSR count). The minimum Gasteiger partial charge on any atom is -0.495 e. The minimum atomic E-state index is -3.72. The van der Waals surface area contributed by atoms with E-state index in [0.29, 0.717) is 24.6 Å². The van der Waals surface area contributed by atoms with E-state index in [2.05, 4.69) is 12.2 Å². The Morgan fingerprint density at radius 1 is 1.21 bits per heavy atom. The molecule has 28 heavy (non-hydrogen) atoms. The van der Waals surface area contributed by atoms with Crippen LogP contribution < -0.4 is 10.1 Å². The fraction of sp³-hybridized carbons (Fsp3) is 0.667. The molecule has 1 aromatic rings. The molecule has 0 radical (unpaired) electrons. The molecule has 6 nitrogen and oxygen atoms in total. The number of nitrogens with one attached hydrogen (secondary N) is 1. The number of sulfonamides is 1. The highest BCUT2D eigenvalue weighted by Gasteiger charge is 2.30. The van der Waals surface area contributed by atoms with Crippen LogP contribution in [-0.2, 0) is 10.0 Å². The third kappa shape index (κ3) is 5.06. The van der Waals surface area contributed by atoms with Gasteiger partial charge < -0.3 is 10.1 Å². The van der Waals surface area contributed by atoms with Gasteiger partial charge in [-0.15, -0.1) is 0 Å². The van der Waals surface area contributed by atoms with E-state index < -0.39 is 10.0 Å². The van der Waals surface area contributed by atoms with Gasteiger partial charge in [-0.3, -0.25) is 4.79 Å². The fourth-order valence-electron chi connectivity index (χ4n) is 4.01. The van der Waals surface area contributed by atoms with Gasteiger partial charge in [-0.05, 0) is 43.4 Å². The van der Waals surface area contributed by atoms with E-state index >= 15 is 0 Å². The largest absolute Gasteiger partial charge is 0.495 e. The Morgan fingerprint density at radius 2 is 1.93 bits per heavy atom. The van der Waals surface area contributed by atoms with Crippen molar-refractivity contribution in [2.45, 2.75) is 70.2 Å². The topological polar surface area (TPSA) is 75.7 Å². The number of nitrogens with zero attached hydrogens (tertiary/aromatic N) is 1. The molecule has 1 aromatic carbocycles. The van der Waals surface area contributed by atoms with E-state index in [1.165, 1.54) is 23.9 Å². The number of hydrogen-bond donors (Lipinski definition) is 1. The molecule has 0 heterocycles. The zero-order valence-corrected chi connectivity index (χ0v) is 18.3. The van der Waals surface area contributed by atoms with E-state index in [4.69, 9.17) is 4.74 Å². The van der Waals surface area contributed by atoms with Crippen LogP contribution in [0.3, 0.4) is 0 Å². The van der Waals surface area contributed by atoms with Gasteiger partial charge in [0.05, 0.1) is 7.11 Å². The van der Waals surface area contributed by atoms with E-state index in [-0.39, 0.29) is 22.6 Å². The standard InChI is InChI=1S/C21H34N2O4S/c1-5-8-10-16-11-9-12-18(16)22-21(24)17-13-14-19(27-4)20(15-17)28(25,26)23(6-2)7-3/h13-16,18H,5-12H2,1-4H3,(H,22,24). The minimum absolute atomic E-state index is 0.0419. The van der Waals surface area contributed by atoms with Gasteiger partial charge in [0.25, 0.3) is 5.91 Å². The quantitative estimate of drug-likeness (QED) is 0.636. The molecule has 1 aliphatic carbocycles. The lowest BCUT2D eigenvalue weighted by molar-refractivity contribution is 0.0926. The van der Waals surface area contributed by atoms with Gasteiger partial charge in [0.2, 0.25) is 10.0 Å². The number of ether oxygens (including phenoxy) is 1. The van der Waals surface area contributed by atoms with Crippen LogP contribution in [-0.4, -0.2) is 44.9 Å². The Morgan fingerprint density at radius 3 is 2.54 bits per heavy atom. The molecule has 2 atom stereocenters. The molecule has 0 aliphatic heterocycles. The lowest BCUT2D eigenvalue weighted by atomic mass is 9.96. The summed E-state index contributed by atoms with van der Waals surface area (Å²) in [5.41, 5.74) is 0.354. The second-order valence-corrected chi connectivity index (χ2v) is 9.27. The summed E-state index contributed by atoms with van der Waals surface area (Å²) in [6, 6.07) is 4.81. The van der Waals surface area contributed by atoms with Gasteiger partial charge in [0.1, 0.15) is 10.6 Å². The number of carbonyl (C=O) groups is 1. The first-order valence-corrected chi connectivity index (χ1v) is 11.8. The van der Waals surface area contributed by atoms with Crippen molar-refractivity contribution in [2.75, 3.05) is 20.2 Å². The molecule has 0 saturated heterocycles. The maximum absolute atomic E-state index is 13.0. The Balaban J connectivity index is 2.25. The number of amides is 1. The molecule has 7 heteroatoms. The highest BCUT2D eigenvalue weighted by Crippen LogP contribution is 2.31. The lowest BCUT2D eigenvalue weighted by Gasteiger charge is -2.22. The Bertz CT molecular complexity index is 760. The zero-order chi connectivity index (χ0) is 20.7. The van der Waals surface area contributed by atoms with Gasteiger partial charge >= 0.3 is 0 Å². The first-order chi connectivity index (χ1) is 13.4. The monoisotopic (exact) mass is 410 g/mol. The summed E-state index contributed by atoms with van der Waals surface area (Å²) in [4.78, 5) is 12.9. The summed E-state index contributed by atoms with van der Waals surface area (Å²) in [6.07, 6.45) is 6.72. The molecule has 1 saturated carbocycles. The molecule has 0 bridgehead atoms. The average Bonchev–Trinajstić information content (AvgIpc) is 3.13. The predicted octanol–water partition coefficient (Wildman–Crippen LogP) is 3.81. The third-order valence-electron chi connectivity index (χ3n) is 5.65. The van der Waals surface area contributed by atoms with Crippen LogP contribution in [0.2, 0.25) is 0 Å². The van der Waals surface area contributed by atoms with Crippen molar-refractivity contribution in [1.29, 1.82) is 0 Å². The van der Waals surface area contributed by atoms with Gasteiger partial charge in [-0.1, -0.05) is 40.0 Å². The van der Waals surface area contributed by atoms with Crippen molar-refractivity contribution in [3.8, 4) is 5.75 Å². The highest BCUT2D eigenvalue weighted by atomic mass is 32.2. The molecule has 2 unspecified atom stereocenters. The van der Waals surface area contributed by atoms with Gasteiger partial charge in [-0.25, -0.2) is 8.42 Å². The summed E-state index contributed by atoms with van der Waals surface area (Å²) in [5.74, 6) is 0.554. The Labute approximate surface area is 169 Å². The zero-order valence-electron chi connectivity index (χ0n) is 17.5. The van der Waals surface area contributed by atoms with Crippen molar-refractivity contribution in [2.24, 2.45) is 5.92 Å². The summed E-state index contributed by atoms with van der Waals surface area (Å²) >= 11 is 0. The predicted molar refractivity (Wildman–Crippen MR) is 111 cm³/mol. The van der Waals surface area contributed by atoms with Crippen molar-refractivity contribution in [1.82, 2.24) is 9.62 Å². The second kappa shape index (κ2) is 10.3. The summed E-state index contributed by atoms with van der Waals surface area (Å²) in [6.45, 7) is 6.48. The Kier molecular flexibility index (Phi) is 8.31. The second-order valence-electron chi connectivity index (χ2n) is 7.37.